The van der Waals surface area contributed by atoms with E-state index in [9.17, 15) is 14.7 Å². The lowest BCUT2D eigenvalue weighted by Gasteiger charge is -2.20. The molecule has 0 aromatic carbocycles. The van der Waals surface area contributed by atoms with Crippen LogP contribution in [0.5, 0.6) is 0 Å². The predicted molar refractivity (Wildman–Crippen MR) is 154 cm³/mol. The van der Waals surface area contributed by atoms with Crippen molar-refractivity contribution in [1.29, 1.82) is 0 Å². The third-order valence-electron chi connectivity index (χ3n) is 7.19. The van der Waals surface area contributed by atoms with Crippen LogP contribution < -0.4 is 0 Å². The van der Waals surface area contributed by atoms with Crippen molar-refractivity contribution in [2.75, 3.05) is 26.2 Å². The minimum Gasteiger partial charge on any atom is -0.481 e. The first kappa shape index (κ1) is 35.9. The van der Waals surface area contributed by atoms with Crippen LogP contribution in [0.3, 0.4) is 0 Å². The first-order valence-corrected chi connectivity index (χ1v) is 15.8. The molecule has 0 unspecified atom stereocenters. The number of ether oxygens (including phenoxy) is 1. The Kier molecular flexibility index (Phi) is 27.0. The highest BCUT2D eigenvalue weighted by atomic mass is 16.5. The number of carbonyl (C=O) groups is 2. The molecular formula is C31H61NO5. The second-order valence-corrected chi connectivity index (χ2v) is 10.8. The summed E-state index contributed by atoms with van der Waals surface area (Å²) in [4.78, 5) is 25.3. The summed E-state index contributed by atoms with van der Waals surface area (Å²) in [5.41, 5.74) is 0. The Bertz CT molecular complexity index is 498. The molecular weight excluding hydrogens is 466 g/mol. The maximum atomic E-state index is 12.5. The van der Waals surface area contributed by atoms with Crippen LogP contribution in [0.4, 0.5) is 0 Å². The minimum absolute atomic E-state index is 0.0190. The molecule has 0 aliphatic rings. The van der Waals surface area contributed by atoms with Gasteiger partial charge in [0.05, 0.1) is 6.61 Å². The molecule has 0 amide bonds. The number of hydrogen-bond acceptors (Lipinski definition) is 5. The first-order chi connectivity index (χ1) is 18.0. The van der Waals surface area contributed by atoms with Crippen molar-refractivity contribution in [3.05, 3.63) is 0 Å². The molecule has 6 nitrogen and oxygen atoms in total. The van der Waals surface area contributed by atoms with Crippen molar-refractivity contribution < 1.29 is 24.5 Å². The van der Waals surface area contributed by atoms with E-state index in [4.69, 9.17) is 9.84 Å². The van der Waals surface area contributed by atoms with Gasteiger partial charge in [0.15, 0.2) is 0 Å². The largest absolute Gasteiger partial charge is 0.481 e. The van der Waals surface area contributed by atoms with E-state index < -0.39 is 5.97 Å². The van der Waals surface area contributed by atoms with Gasteiger partial charge in [0.2, 0.25) is 0 Å². The Morgan fingerprint density at radius 2 is 1.11 bits per heavy atom. The van der Waals surface area contributed by atoms with Crippen molar-refractivity contribution in [3.8, 4) is 0 Å². The maximum Gasteiger partial charge on any atom is 0.306 e. The summed E-state index contributed by atoms with van der Waals surface area (Å²) in [6.45, 7) is 6.81. The Morgan fingerprint density at radius 3 is 1.65 bits per heavy atom. The van der Waals surface area contributed by atoms with E-state index in [-0.39, 0.29) is 25.1 Å². The molecule has 0 aromatic heterocycles. The summed E-state index contributed by atoms with van der Waals surface area (Å²) in [5.74, 6) is -0.784. The Hall–Kier alpha value is -1.14. The Balaban J connectivity index is 4.08. The van der Waals surface area contributed by atoms with Crippen LogP contribution in [0.1, 0.15) is 155 Å². The van der Waals surface area contributed by atoms with Crippen molar-refractivity contribution in [2.24, 2.45) is 0 Å². The fraction of sp³-hybridized carbons (Fsp3) is 0.935. The highest BCUT2D eigenvalue weighted by Crippen LogP contribution is 2.18. The molecule has 0 spiro atoms. The Morgan fingerprint density at radius 1 is 0.622 bits per heavy atom. The van der Waals surface area contributed by atoms with Gasteiger partial charge >= 0.3 is 11.9 Å². The maximum absolute atomic E-state index is 12.5. The predicted octanol–water partition coefficient (Wildman–Crippen LogP) is 7.90. The first-order valence-electron chi connectivity index (χ1n) is 15.8. The minimum atomic E-state index is -0.765. The van der Waals surface area contributed by atoms with Gasteiger partial charge in [-0.15, -0.1) is 0 Å². The van der Waals surface area contributed by atoms with Crippen molar-refractivity contribution >= 4 is 11.9 Å². The Labute approximate surface area is 228 Å². The molecule has 0 saturated heterocycles. The number of aliphatic hydroxyl groups is 1. The van der Waals surface area contributed by atoms with Crippen LogP contribution in [-0.2, 0) is 14.3 Å². The van der Waals surface area contributed by atoms with Gasteiger partial charge in [0.1, 0.15) is 6.10 Å². The van der Waals surface area contributed by atoms with Crippen LogP contribution in [0, 0.1) is 0 Å². The summed E-state index contributed by atoms with van der Waals surface area (Å²) in [7, 11) is 0. The molecule has 6 heteroatoms. The summed E-state index contributed by atoms with van der Waals surface area (Å²) >= 11 is 0. The summed E-state index contributed by atoms with van der Waals surface area (Å²) < 4.78 is 5.94. The van der Waals surface area contributed by atoms with Crippen LogP contribution >= 0.6 is 0 Å². The zero-order valence-electron chi connectivity index (χ0n) is 24.5. The van der Waals surface area contributed by atoms with Gasteiger partial charge in [-0.2, -0.15) is 0 Å². The number of carboxylic acid groups (broad SMARTS) is 1. The standard InChI is InChI=1S/C31H61NO5/c1-3-5-7-9-12-16-21-29(22-17-13-10-8-6-4-2)37-31(36)24-18-14-11-15-19-25-32(27-28-33)26-20-23-30(34)35/h29,33H,3-28H2,1-2H3,(H,34,35). The number of unbranched alkanes of at least 4 members (excludes halogenated alkanes) is 14. The molecule has 0 fully saturated rings. The molecule has 0 heterocycles. The summed E-state index contributed by atoms with van der Waals surface area (Å²) in [6.07, 6.45) is 23.9. The van der Waals surface area contributed by atoms with E-state index in [1.54, 1.807) is 0 Å². The van der Waals surface area contributed by atoms with Crippen molar-refractivity contribution in [1.82, 2.24) is 4.90 Å². The van der Waals surface area contributed by atoms with Gasteiger partial charge in [0.25, 0.3) is 0 Å². The molecule has 0 aromatic rings. The highest BCUT2D eigenvalue weighted by molar-refractivity contribution is 5.69. The topological polar surface area (TPSA) is 87.1 Å². The van der Waals surface area contributed by atoms with Crippen LogP contribution in [0.2, 0.25) is 0 Å². The zero-order valence-corrected chi connectivity index (χ0v) is 24.5. The van der Waals surface area contributed by atoms with Gasteiger partial charge in [-0.05, 0) is 58.0 Å². The van der Waals surface area contributed by atoms with Gasteiger partial charge in [-0.3, -0.25) is 9.59 Å². The second kappa shape index (κ2) is 27.9. The number of carbonyl (C=O) groups excluding carboxylic acids is 1. The van der Waals surface area contributed by atoms with Crippen LogP contribution in [0.25, 0.3) is 0 Å². The normalized spacial score (nSPS) is 11.5. The molecule has 0 bridgehead atoms. The summed E-state index contributed by atoms with van der Waals surface area (Å²) in [6, 6.07) is 0. The van der Waals surface area contributed by atoms with Gasteiger partial charge in [-0.1, -0.05) is 97.3 Å². The van der Waals surface area contributed by atoms with Crippen LogP contribution in [0.15, 0.2) is 0 Å². The number of esters is 1. The third-order valence-corrected chi connectivity index (χ3v) is 7.19. The van der Waals surface area contributed by atoms with E-state index in [1.807, 2.05) is 0 Å². The quantitative estimate of drug-likeness (QED) is 0.0759. The zero-order chi connectivity index (χ0) is 27.4. The molecule has 37 heavy (non-hydrogen) atoms. The number of carboxylic acids is 1. The molecule has 0 rings (SSSR count). The fourth-order valence-corrected chi connectivity index (χ4v) is 4.88. The lowest BCUT2D eigenvalue weighted by molar-refractivity contribution is -0.150. The molecule has 0 aliphatic heterocycles. The molecule has 0 aliphatic carbocycles. The van der Waals surface area contributed by atoms with Gasteiger partial charge < -0.3 is 19.8 Å². The number of aliphatic carboxylic acids is 1. The average Bonchev–Trinajstić information content (AvgIpc) is 2.87. The van der Waals surface area contributed by atoms with E-state index in [1.165, 1.54) is 77.0 Å². The van der Waals surface area contributed by atoms with E-state index in [2.05, 4.69) is 18.7 Å². The van der Waals surface area contributed by atoms with Gasteiger partial charge in [0, 0.05) is 19.4 Å². The molecule has 0 saturated carbocycles. The monoisotopic (exact) mass is 527 g/mol. The molecule has 0 radical (unpaired) electrons. The van der Waals surface area contributed by atoms with Gasteiger partial charge in [-0.25, -0.2) is 0 Å². The fourth-order valence-electron chi connectivity index (χ4n) is 4.88. The highest BCUT2D eigenvalue weighted by Gasteiger charge is 2.14. The summed E-state index contributed by atoms with van der Waals surface area (Å²) in [5, 5.41) is 18.0. The number of nitrogens with zero attached hydrogens (tertiary/aromatic N) is 1. The number of aliphatic hydroxyl groups excluding tert-OH is 1. The van der Waals surface area contributed by atoms with Crippen LogP contribution in [-0.4, -0.2) is 59.4 Å². The van der Waals surface area contributed by atoms with Crippen molar-refractivity contribution in [3.63, 3.8) is 0 Å². The lowest BCUT2D eigenvalue weighted by atomic mass is 10.0. The molecule has 220 valence electrons. The lowest BCUT2D eigenvalue weighted by Crippen LogP contribution is -2.29. The average molecular weight is 528 g/mol. The van der Waals surface area contributed by atoms with E-state index in [0.717, 1.165) is 58.0 Å². The number of rotatable bonds is 29. The SMILES string of the molecule is CCCCCCCCC(CCCCCCCC)OC(=O)CCCCCCCN(CCO)CCCC(=O)O. The van der Waals surface area contributed by atoms with Crippen molar-refractivity contribution in [2.45, 2.75) is 161 Å². The third kappa shape index (κ3) is 26.3. The van der Waals surface area contributed by atoms with E-state index in [0.29, 0.717) is 19.4 Å². The number of hydrogen-bond donors (Lipinski definition) is 2. The molecule has 2 N–H and O–H groups in total. The smallest absolute Gasteiger partial charge is 0.306 e. The molecule has 0 atom stereocenters. The second-order valence-electron chi connectivity index (χ2n) is 10.8. The van der Waals surface area contributed by atoms with E-state index >= 15 is 0 Å².